The van der Waals surface area contributed by atoms with Crippen molar-refractivity contribution in [3.8, 4) is 0 Å². The Balaban J connectivity index is 2.63. The molecule has 0 amide bonds. The molecule has 0 atom stereocenters. The minimum absolute atomic E-state index is 0.0522. The molecule has 0 radical (unpaired) electrons. The van der Waals surface area contributed by atoms with Gasteiger partial charge in [-0.2, -0.15) is 26.8 Å². The van der Waals surface area contributed by atoms with Gasteiger partial charge in [-0.1, -0.05) is 24.3 Å². The summed E-state index contributed by atoms with van der Waals surface area (Å²) in [5.41, 5.74) is -0.254. The quantitative estimate of drug-likeness (QED) is 0.309. The SMILES string of the molecule is O=C=Nc1ccc(C=Cc2ccc(N=C=O)cc2S(=O)(=O)O)c(S(=O)(=O)O)c1. The van der Waals surface area contributed by atoms with Crippen LogP contribution < -0.4 is 0 Å². The Hall–Kier alpha value is -3.24. The van der Waals surface area contributed by atoms with E-state index in [0.717, 1.165) is 24.3 Å². The van der Waals surface area contributed by atoms with Crippen LogP contribution in [0.25, 0.3) is 12.2 Å². The molecule has 0 unspecified atom stereocenters. The van der Waals surface area contributed by atoms with Crippen LogP contribution in [0.4, 0.5) is 11.4 Å². The third-order valence-electron chi connectivity index (χ3n) is 3.34. The third-order valence-corrected chi connectivity index (χ3v) is 5.16. The topological polar surface area (TPSA) is 168 Å². The van der Waals surface area contributed by atoms with Crippen molar-refractivity contribution >= 4 is 55.9 Å². The molecule has 28 heavy (non-hydrogen) atoms. The third kappa shape index (κ3) is 5.15. The van der Waals surface area contributed by atoms with E-state index in [0.29, 0.717) is 0 Å². The van der Waals surface area contributed by atoms with E-state index >= 15 is 0 Å². The average Bonchev–Trinajstić information content (AvgIpc) is 2.60. The van der Waals surface area contributed by atoms with Gasteiger partial charge in [0.1, 0.15) is 9.79 Å². The molecule has 2 aromatic carbocycles. The summed E-state index contributed by atoms with van der Waals surface area (Å²) in [6.45, 7) is 0. The molecular formula is C16H10N2O8S2. The fourth-order valence-electron chi connectivity index (χ4n) is 2.19. The van der Waals surface area contributed by atoms with Crippen LogP contribution in [0.5, 0.6) is 0 Å². The van der Waals surface area contributed by atoms with Crippen LogP contribution in [0.2, 0.25) is 0 Å². The zero-order valence-electron chi connectivity index (χ0n) is 13.7. The van der Waals surface area contributed by atoms with Gasteiger partial charge in [0, 0.05) is 0 Å². The Morgan fingerprint density at radius 3 is 1.36 bits per heavy atom. The average molecular weight is 422 g/mol. The molecule has 0 saturated heterocycles. The zero-order valence-corrected chi connectivity index (χ0v) is 15.3. The molecule has 0 saturated carbocycles. The Labute approximate surface area is 159 Å². The summed E-state index contributed by atoms with van der Waals surface area (Å²) in [6.07, 6.45) is 4.77. The lowest BCUT2D eigenvalue weighted by Crippen LogP contribution is -2.01. The summed E-state index contributed by atoms with van der Waals surface area (Å²) in [5, 5.41) is 0. The molecule has 0 aromatic heterocycles. The largest absolute Gasteiger partial charge is 0.295 e. The van der Waals surface area contributed by atoms with E-state index in [1.54, 1.807) is 0 Å². The van der Waals surface area contributed by atoms with Crippen LogP contribution in [0.1, 0.15) is 11.1 Å². The van der Waals surface area contributed by atoms with Crippen LogP contribution in [-0.4, -0.2) is 38.1 Å². The fourth-order valence-corrected chi connectivity index (χ4v) is 3.60. The van der Waals surface area contributed by atoms with Gasteiger partial charge < -0.3 is 0 Å². The highest BCUT2D eigenvalue weighted by molar-refractivity contribution is 7.86. The van der Waals surface area contributed by atoms with Gasteiger partial charge in [-0.25, -0.2) is 9.59 Å². The van der Waals surface area contributed by atoms with Gasteiger partial charge in [-0.05, 0) is 35.4 Å². The second-order valence-electron chi connectivity index (χ2n) is 5.13. The van der Waals surface area contributed by atoms with E-state index < -0.39 is 30.0 Å². The number of carbonyl (C=O) groups excluding carboxylic acids is 2. The van der Waals surface area contributed by atoms with E-state index in [4.69, 9.17) is 0 Å². The first-order chi connectivity index (χ1) is 13.1. The lowest BCUT2D eigenvalue weighted by Gasteiger charge is -2.06. The van der Waals surface area contributed by atoms with E-state index in [1.807, 2.05) is 0 Å². The van der Waals surface area contributed by atoms with Crippen LogP contribution in [0, 0.1) is 0 Å². The minimum Gasteiger partial charge on any atom is -0.282 e. The number of benzene rings is 2. The van der Waals surface area contributed by atoms with Crippen molar-refractivity contribution in [3.63, 3.8) is 0 Å². The van der Waals surface area contributed by atoms with Crippen molar-refractivity contribution < 1.29 is 35.5 Å². The van der Waals surface area contributed by atoms with E-state index in [2.05, 4.69) is 9.98 Å². The first-order valence-electron chi connectivity index (χ1n) is 7.13. The summed E-state index contributed by atoms with van der Waals surface area (Å²) in [7, 11) is -9.40. The maximum absolute atomic E-state index is 11.6. The van der Waals surface area contributed by atoms with Gasteiger partial charge in [0.15, 0.2) is 0 Å². The molecule has 0 aliphatic rings. The number of hydrogen-bond acceptors (Lipinski definition) is 8. The summed E-state index contributed by atoms with van der Waals surface area (Å²) >= 11 is 0. The van der Waals surface area contributed by atoms with Crippen molar-refractivity contribution in [2.45, 2.75) is 9.79 Å². The second-order valence-corrected chi connectivity index (χ2v) is 7.91. The standard InChI is InChI=1S/C16H10N2O8S2/c19-9-17-13-5-3-11(15(7-13)27(21,22)23)1-2-12-4-6-14(18-10-20)8-16(12)28(24,25)26/h1-8H,(H,21,22,23)(H,24,25,26). The Morgan fingerprint density at radius 2 is 1.07 bits per heavy atom. The highest BCUT2D eigenvalue weighted by Crippen LogP contribution is 2.27. The first kappa shape index (κ1) is 21.1. The van der Waals surface area contributed by atoms with Crippen molar-refractivity contribution in [1.29, 1.82) is 0 Å². The van der Waals surface area contributed by atoms with Gasteiger partial charge in [0.25, 0.3) is 20.2 Å². The molecule has 0 spiro atoms. The van der Waals surface area contributed by atoms with Crippen LogP contribution in [-0.2, 0) is 29.8 Å². The molecule has 0 heterocycles. The summed E-state index contributed by atoms with van der Waals surface area (Å²) < 4.78 is 64.9. The molecule has 10 nitrogen and oxygen atoms in total. The second kappa shape index (κ2) is 8.19. The molecule has 144 valence electrons. The van der Waals surface area contributed by atoms with Crippen LogP contribution in [0.3, 0.4) is 0 Å². The number of rotatable bonds is 6. The predicted octanol–water partition coefficient (Wildman–Crippen LogP) is 2.29. The van der Waals surface area contributed by atoms with Crippen molar-refractivity contribution in [3.05, 3.63) is 47.5 Å². The number of isocyanates is 2. The van der Waals surface area contributed by atoms with E-state index in [1.165, 1.54) is 36.4 Å². The number of nitrogens with zero attached hydrogens (tertiary/aromatic N) is 2. The van der Waals surface area contributed by atoms with E-state index in [9.17, 15) is 35.5 Å². The van der Waals surface area contributed by atoms with Gasteiger partial charge in [0.2, 0.25) is 12.2 Å². The van der Waals surface area contributed by atoms with Gasteiger partial charge in [-0.3, -0.25) is 9.11 Å². The van der Waals surface area contributed by atoms with Crippen LogP contribution >= 0.6 is 0 Å². The Morgan fingerprint density at radius 1 is 0.714 bits per heavy atom. The maximum atomic E-state index is 11.6. The fraction of sp³-hybridized carbons (Fsp3) is 0. The first-order valence-corrected chi connectivity index (χ1v) is 10.0. The molecule has 0 aliphatic heterocycles. The predicted molar refractivity (Wildman–Crippen MR) is 97.0 cm³/mol. The maximum Gasteiger partial charge on any atom is 0.295 e. The van der Waals surface area contributed by atoms with Crippen molar-refractivity contribution in [2.24, 2.45) is 9.98 Å². The van der Waals surface area contributed by atoms with Gasteiger partial charge in [0.05, 0.1) is 11.4 Å². The molecule has 2 N–H and O–H groups in total. The molecular weight excluding hydrogens is 412 g/mol. The number of hydrogen-bond donors (Lipinski definition) is 2. The lowest BCUT2D eigenvalue weighted by atomic mass is 10.1. The summed E-state index contributed by atoms with van der Waals surface area (Å²) in [5.74, 6) is 0. The molecule has 12 heteroatoms. The summed E-state index contributed by atoms with van der Waals surface area (Å²) in [4.78, 5) is 25.9. The monoisotopic (exact) mass is 422 g/mol. The zero-order chi connectivity index (χ0) is 20.9. The highest BCUT2D eigenvalue weighted by atomic mass is 32.2. The number of aliphatic imine (C=N–C) groups is 2. The van der Waals surface area contributed by atoms with Crippen LogP contribution in [0.15, 0.2) is 56.2 Å². The van der Waals surface area contributed by atoms with Gasteiger partial charge in [-0.15, -0.1) is 0 Å². The molecule has 0 fully saturated rings. The molecule has 0 aliphatic carbocycles. The minimum atomic E-state index is -4.70. The van der Waals surface area contributed by atoms with Crippen molar-refractivity contribution in [1.82, 2.24) is 0 Å². The normalized spacial score (nSPS) is 11.6. The Kier molecular flexibility index (Phi) is 6.16. The Bertz CT molecular complexity index is 1170. The molecule has 2 aromatic rings. The molecule has 2 rings (SSSR count). The van der Waals surface area contributed by atoms with Gasteiger partial charge >= 0.3 is 0 Å². The molecule has 0 bridgehead atoms. The van der Waals surface area contributed by atoms with E-state index in [-0.39, 0.29) is 22.5 Å². The smallest absolute Gasteiger partial charge is 0.282 e. The highest BCUT2D eigenvalue weighted by Gasteiger charge is 2.17. The lowest BCUT2D eigenvalue weighted by molar-refractivity contribution is 0.480. The summed E-state index contributed by atoms with van der Waals surface area (Å²) in [6, 6.07) is 6.81. The van der Waals surface area contributed by atoms with Crippen molar-refractivity contribution in [2.75, 3.05) is 0 Å².